The third-order valence-electron chi connectivity index (χ3n) is 1.38. The zero-order valence-corrected chi connectivity index (χ0v) is 7.94. The minimum absolute atomic E-state index is 0.578. The molecule has 0 aliphatic carbocycles. The van der Waals surface area contributed by atoms with Gasteiger partial charge >= 0.3 is 0 Å². The lowest BCUT2D eigenvalue weighted by Gasteiger charge is -1.97. The Kier molecular flexibility index (Phi) is 4.83. The fourth-order valence-corrected chi connectivity index (χ4v) is 1.63. The number of hydrogen-bond donors (Lipinski definition) is 0. The van der Waals surface area contributed by atoms with Crippen molar-refractivity contribution < 1.29 is 0 Å². The van der Waals surface area contributed by atoms with Crippen LogP contribution >= 0.6 is 11.8 Å². The van der Waals surface area contributed by atoms with Crippen molar-refractivity contribution >= 4 is 11.8 Å². The second kappa shape index (κ2) is 6.34. The highest BCUT2D eigenvalue weighted by molar-refractivity contribution is 7.99. The van der Waals surface area contributed by atoms with Crippen LogP contribution in [-0.4, -0.2) is 17.3 Å². The number of azide groups is 1. The first kappa shape index (κ1) is 9.89. The van der Waals surface area contributed by atoms with Gasteiger partial charge in [-0.3, -0.25) is 4.98 Å². The molecule has 0 fully saturated rings. The summed E-state index contributed by atoms with van der Waals surface area (Å²) < 4.78 is 0. The minimum atomic E-state index is 0.578. The van der Waals surface area contributed by atoms with E-state index in [1.807, 2.05) is 12.1 Å². The third-order valence-corrected chi connectivity index (χ3v) is 2.48. The summed E-state index contributed by atoms with van der Waals surface area (Å²) in [7, 11) is 0. The van der Waals surface area contributed by atoms with Gasteiger partial charge in [-0.2, -0.15) is 0 Å². The van der Waals surface area contributed by atoms with Crippen LogP contribution in [0.25, 0.3) is 10.4 Å². The molecule has 1 rings (SSSR count). The molecular weight excluding hydrogens is 184 g/mol. The first-order valence-corrected chi connectivity index (χ1v) is 4.96. The molecule has 0 aliphatic heterocycles. The van der Waals surface area contributed by atoms with E-state index in [1.165, 1.54) is 4.90 Å². The molecule has 0 aliphatic rings. The molecule has 1 aromatic rings. The molecule has 4 nitrogen and oxygen atoms in total. The standard InChI is InChI=1S/C8H10N4S/c9-12-11-4-1-7-13-8-2-5-10-6-3-8/h2-3,5-6H,1,4,7H2. The minimum Gasteiger partial charge on any atom is -0.265 e. The molecular formula is C8H10N4S. The van der Waals surface area contributed by atoms with Gasteiger partial charge < -0.3 is 0 Å². The van der Waals surface area contributed by atoms with Gasteiger partial charge in [0.05, 0.1) is 0 Å². The van der Waals surface area contributed by atoms with E-state index in [4.69, 9.17) is 5.53 Å². The van der Waals surface area contributed by atoms with Crippen LogP contribution in [0, 0.1) is 0 Å². The van der Waals surface area contributed by atoms with E-state index in [1.54, 1.807) is 24.2 Å². The van der Waals surface area contributed by atoms with Crippen molar-refractivity contribution in [2.75, 3.05) is 12.3 Å². The molecule has 0 saturated carbocycles. The zero-order valence-electron chi connectivity index (χ0n) is 7.13. The summed E-state index contributed by atoms with van der Waals surface area (Å²) in [4.78, 5) is 7.81. The Hall–Kier alpha value is -1.19. The van der Waals surface area contributed by atoms with E-state index in [-0.39, 0.29) is 0 Å². The van der Waals surface area contributed by atoms with Crippen LogP contribution in [0.5, 0.6) is 0 Å². The molecule has 0 aromatic carbocycles. The predicted molar refractivity (Wildman–Crippen MR) is 53.6 cm³/mol. The Morgan fingerprint density at radius 1 is 1.46 bits per heavy atom. The van der Waals surface area contributed by atoms with E-state index < -0.39 is 0 Å². The fraction of sp³-hybridized carbons (Fsp3) is 0.375. The van der Waals surface area contributed by atoms with Crippen molar-refractivity contribution in [2.24, 2.45) is 5.11 Å². The lowest BCUT2D eigenvalue weighted by Crippen LogP contribution is -1.83. The molecule has 0 bridgehead atoms. The van der Waals surface area contributed by atoms with Crippen LogP contribution in [0.1, 0.15) is 6.42 Å². The van der Waals surface area contributed by atoms with E-state index >= 15 is 0 Å². The highest BCUT2D eigenvalue weighted by Gasteiger charge is 1.91. The quantitative estimate of drug-likeness (QED) is 0.238. The Balaban J connectivity index is 2.17. The first-order valence-electron chi connectivity index (χ1n) is 3.97. The molecule has 0 amide bonds. The SMILES string of the molecule is [N-]=[N+]=NCCCSc1ccncc1. The maximum atomic E-state index is 8.03. The number of thioether (sulfide) groups is 1. The summed E-state index contributed by atoms with van der Waals surface area (Å²) in [5.41, 5.74) is 8.03. The van der Waals surface area contributed by atoms with Gasteiger partial charge in [-0.25, -0.2) is 0 Å². The molecule has 13 heavy (non-hydrogen) atoms. The van der Waals surface area contributed by atoms with E-state index in [2.05, 4.69) is 15.0 Å². The van der Waals surface area contributed by atoms with Crippen molar-refractivity contribution in [3.05, 3.63) is 35.0 Å². The monoisotopic (exact) mass is 194 g/mol. The molecule has 0 atom stereocenters. The summed E-state index contributed by atoms with van der Waals surface area (Å²) in [6.07, 6.45) is 4.46. The maximum absolute atomic E-state index is 8.03. The smallest absolute Gasteiger partial charge is 0.0278 e. The predicted octanol–water partition coefficient (Wildman–Crippen LogP) is 2.87. The molecule has 68 valence electrons. The van der Waals surface area contributed by atoms with Gasteiger partial charge in [-0.1, -0.05) is 5.11 Å². The molecule has 1 heterocycles. The van der Waals surface area contributed by atoms with Gasteiger partial charge in [0.25, 0.3) is 0 Å². The van der Waals surface area contributed by atoms with Crippen molar-refractivity contribution in [2.45, 2.75) is 11.3 Å². The number of hydrogen-bond acceptors (Lipinski definition) is 3. The highest BCUT2D eigenvalue weighted by atomic mass is 32.2. The zero-order chi connectivity index (χ0) is 9.36. The molecule has 5 heteroatoms. The van der Waals surface area contributed by atoms with Crippen LogP contribution in [0.15, 0.2) is 34.5 Å². The Bertz CT molecular complexity index is 281. The topological polar surface area (TPSA) is 61.7 Å². The average molecular weight is 194 g/mol. The third kappa shape index (κ3) is 4.40. The normalized spacial score (nSPS) is 9.23. The van der Waals surface area contributed by atoms with Crippen molar-refractivity contribution in [1.82, 2.24) is 4.98 Å². The van der Waals surface area contributed by atoms with Crippen molar-refractivity contribution in [1.29, 1.82) is 0 Å². The molecule has 0 spiro atoms. The lowest BCUT2D eigenvalue weighted by atomic mass is 10.5. The average Bonchev–Trinajstić information content (AvgIpc) is 2.19. The van der Waals surface area contributed by atoms with Gasteiger partial charge in [0.15, 0.2) is 0 Å². The molecule has 1 aromatic heterocycles. The summed E-state index contributed by atoms with van der Waals surface area (Å²) in [6.45, 7) is 0.578. The Morgan fingerprint density at radius 2 is 2.23 bits per heavy atom. The highest BCUT2D eigenvalue weighted by Crippen LogP contribution is 2.16. The van der Waals surface area contributed by atoms with E-state index in [0.717, 1.165) is 12.2 Å². The summed E-state index contributed by atoms with van der Waals surface area (Å²) in [5.74, 6) is 0.975. The lowest BCUT2D eigenvalue weighted by molar-refractivity contribution is 0.932. The van der Waals surface area contributed by atoms with Gasteiger partial charge in [-0.15, -0.1) is 11.8 Å². The van der Waals surface area contributed by atoms with E-state index in [9.17, 15) is 0 Å². The van der Waals surface area contributed by atoms with Crippen LogP contribution in [0.3, 0.4) is 0 Å². The molecule has 0 N–H and O–H groups in total. The number of nitrogens with zero attached hydrogens (tertiary/aromatic N) is 4. The van der Waals surface area contributed by atoms with Crippen LogP contribution in [-0.2, 0) is 0 Å². The van der Waals surface area contributed by atoms with Gasteiger partial charge in [0.2, 0.25) is 0 Å². The van der Waals surface area contributed by atoms with Crippen molar-refractivity contribution in [3.63, 3.8) is 0 Å². The first-order chi connectivity index (χ1) is 6.43. The van der Waals surface area contributed by atoms with Crippen LogP contribution < -0.4 is 0 Å². The second-order valence-electron chi connectivity index (χ2n) is 2.34. The number of pyridine rings is 1. The summed E-state index contributed by atoms with van der Waals surface area (Å²) in [5, 5.41) is 3.46. The summed E-state index contributed by atoms with van der Waals surface area (Å²) >= 11 is 1.75. The van der Waals surface area contributed by atoms with Gasteiger partial charge in [-0.05, 0) is 29.8 Å². The molecule has 0 unspecified atom stereocenters. The van der Waals surface area contributed by atoms with Gasteiger partial charge in [0, 0.05) is 28.7 Å². The second-order valence-corrected chi connectivity index (χ2v) is 3.51. The van der Waals surface area contributed by atoms with Gasteiger partial charge in [0.1, 0.15) is 0 Å². The molecule has 0 saturated heterocycles. The van der Waals surface area contributed by atoms with Crippen molar-refractivity contribution in [3.8, 4) is 0 Å². The van der Waals surface area contributed by atoms with Crippen LogP contribution in [0.2, 0.25) is 0 Å². The summed E-state index contributed by atoms with van der Waals surface area (Å²) in [6, 6.07) is 3.94. The Labute approximate surface area is 81.0 Å². The number of rotatable bonds is 5. The maximum Gasteiger partial charge on any atom is 0.0278 e. The largest absolute Gasteiger partial charge is 0.265 e. The van der Waals surface area contributed by atoms with Crippen LogP contribution in [0.4, 0.5) is 0 Å². The number of aromatic nitrogens is 1. The van der Waals surface area contributed by atoms with E-state index in [0.29, 0.717) is 6.54 Å². The fourth-order valence-electron chi connectivity index (χ4n) is 0.804. The molecule has 0 radical (unpaired) electrons. The Morgan fingerprint density at radius 3 is 2.92 bits per heavy atom.